The molecule has 1 fully saturated rings. The summed E-state index contributed by atoms with van der Waals surface area (Å²) in [6.45, 7) is 2.33. The fourth-order valence-corrected chi connectivity index (χ4v) is 3.29. The van der Waals surface area contributed by atoms with E-state index in [1.54, 1.807) is 0 Å². The predicted molar refractivity (Wildman–Crippen MR) is 80.8 cm³/mol. The first-order valence-electron chi connectivity index (χ1n) is 7.31. The van der Waals surface area contributed by atoms with Crippen molar-refractivity contribution in [3.63, 3.8) is 0 Å². The normalized spacial score (nSPS) is 23.4. The van der Waals surface area contributed by atoms with Crippen LogP contribution in [0, 0.1) is 0 Å². The molecule has 0 saturated heterocycles. The number of para-hydroxylation sites is 1. The van der Waals surface area contributed by atoms with Gasteiger partial charge in [0.15, 0.2) is 0 Å². The van der Waals surface area contributed by atoms with E-state index < -0.39 is 0 Å². The van der Waals surface area contributed by atoms with Gasteiger partial charge in [0.25, 0.3) is 0 Å². The van der Waals surface area contributed by atoms with Gasteiger partial charge in [-0.25, -0.2) is 0 Å². The Kier molecular flexibility index (Phi) is 2.50. The summed E-state index contributed by atoms with van der Waals surface area (Å²) in [4.78, 5) is 0. The van der Waals surface area contributed by atoms with Gasteiger partial charge in [-0.1, -0.05) is 48.5 Å². The third kappa shape index (κ3) is 1.77. The lowest BCUT2D eigenvalue weighted by Crippen LogP contribution is -2.25. The zero-order valence-electron chi connectivity index (χ0n) is 11.7. The summed E-state index contributed by atoms with van der Waals surface area (Å²) in [5, 5.41) is 0. The van der Waals surface area contributed by atoms with Crippen LogP contribution in [-0.2, 0) is 11.8 Å². The van der Waals surface area contributed by atoms with E-state index in [0.29, 0.717) is 0 Å². The molecule has 0 N–H and O–H groups in total. The number of hydrogen-bond acceptors (Lipinski definition) is 1. The molecule has 2 aliphatic rings. The molecular formula is C19H18O. The van der Waals surface area contributed by atoms with Crippen LogP contribution in [0.3, 0.4) is 0 Å². The molecule has 2 aromatic rings. The van der Waals surface area contributed by atoms with E-state index in [4.69, 9.17) is 4.74 Å². The Morgan fingerprint density at radius 1 is 0.950 bits per heavy atom. The molecule has 20 heavy (non-hydrogen) atoms. The van der Waals surface area contributed by atoms with Crippen LogP contribution in [0.1, 0.15) is 30.9 Å². The Hall–Kier alpha value is -2.02. The van der Waals surface area contributed by atoms with Crippen molar-refractivity contribution in [2.45, 2.75) is 31.6 Å². The van der Waals surface area contributed by atoms with Crippen LogP contribution in [0.15, 0.2) is 65.9 Å². The molecule has 0 amide bonds. The van der Waals surface area contributed by atoms with Crippen LogP contribution in [0.5, 0.6) is 5.75 Å². The highest BCUT2D eigenvalue weighted by molar-refractivity contribution is 5.54. The van der Waals surface area contributed by atoms with Gasteiger partial charge in [0.2, 0.25) is 0 Å². The minimum atomic E-state index is -0.0101. The number of ether oxygens (including phenoxy) is 1. The number of benzene rings is 2. The van der Waals surface area contributed by atoms with Crippen molar-refractivity contribution in [3.05, 3.63) is 77.1 Å². The second-order valence-electron chi connectivity index (χ2n) is 6.03. The lowest BCUT2D eigenvalue weighted by atomic mass is 9.76. The van der Waals surface area contributed by atoms with Crippen molar-refractivity contribution < 1.29 is 4.74 Å². The van der Waals surface area contributed by atoms with Crippen LogP contribution in [0.2, 0.25) is 0 Å². The van der Waals surface area contributed by atoms with Gasteiger partial charge in [-0.2, -0.15) is 0 Å². The Morgan fingerprint density at radius 3 is 2.40 bits per heavy atom. The topological polar surface area (TPSA) is 9.23 Å². The summed E-state index contributed by atoms with van der Waals surface area (Å²) in [5.41, 5.74) is 4.19. The number of fused-ring (bicyclic) bond motifs is 1. The van der Waals surface area contributed by atoms with E-state index in [0.717, 1.165) is 12.2 Å². The van der Waals surface area contributed by atoms with Crippen LogP contribution >= 0.6 is 0 Å². The molecule has 1 atom stereocenters. The van der Waals surface area contributed by atoms with Gasteiger partial charge in [0, 0.05) is 5.56 Å². The summed E-state index contributed by atoms with van der Waals surface area (Å²) in [6.07, 6.45) is 3.41. The standard InChI is InChI=1S/C19H18O/c1-19(13-14-7-3-2-4-8-14)16-9-5-6-10-17(16)20-18(19)15-11-12-15/h2-10H,11-13H2,1H3. The average Bonchev–Trinajstić information content (AvgIpc) is 3.27. The first kappa shape index (κ1) is 11.8. The minimum absolute atomic E-state index is 0.0101. The van der Waals surface area contributed by atoms with Crippen molar-refractivity contribution in [2.24, 2.45) is 0 Å². The molecule has 1 heterocycles. The third-order valence-corrected chi connectivity index (χ3v) is 4.42. The van der Waals surface area contributed by atoms with Gasteiger partial charge in [-0.05, 0) is 43.4 Å². The quantitative estimate of drug-likeness (QED) is 0.767. The largest absolute Gasteiger partial charge is 0.461 e. The third-order valence-electron chi connectivity index (χ3n) is 4.42. The van der Waals surface area contributed by atoms with Gasteiger partial charge < -0.3 is 4.74 Å². The monoisotopic (exact) mass is 262 g/mol. The Morgan fingerprint density at radius 2 is 1.65 bits per heavy atom. The summed E-state index contributed by atoms with van der Waals surface area (Å²) >= 11 is 0. The molecule has 2 aromatic carbocycles. The Labute approximate surface area is 119 Å². The fraction of sp³-hybridized carbons (Fsp3) is 0.263. The van der Waals surface area contributed by atoms with Crippen LogP contribution in [-0.4, -0.2) is 0 Å². The maximum Gasteiger partial charge on any atom is 0.131 e. The van der Waals surface area contributed by atoms with Gasteiger partial charge in [-0.3, -0.25) is 0 Å². The predicted octanol–water partition coefficient (Wildman–Crippen LogP) is 4.63. The smallest absolute Gasteiger partial charge is 0.131 e. The van der Waals surface area contributed by atoms with Crippen LogP contribution < -0.4 is 4.74 Å². The zero-order chi connectivity index (χ0) is 13.6. The van der Waals surface area contributed by atoms with E-state index in [9.17, 15) is 0 Å². The Bertz CT molecular complexity index is 678. The molecule has 0 spiro atoms. The Balaban J connectivity index is 1.82. The second-order valence-corrected chi connectivity index (χ2v) is 6.03. The highest BCUT2D eigenvalue weighted by Crippen LogP contribution is 2.51. The van der Waals surface area contributed by atoms with E-state index in [1.165, 1.54) is 35.3 Å². The molecule has 4 rings (SSSR count). The molecule has 1 nitrogen and oxygen atoms in total. The van der Waals surface area contributed by atoms with E-state index in [1.807, 2.05) is 0 Å². The van der Waals surface area contributed by atoms with Crippen LogP contribution in [0.4, 0.5) is 0 Å². The molecular weight excluding hydrogens is 244 g/mol. The maximum absolute atomic E-state index is 6.20. The van der Waals surface area contributed by atoms with Gasteiger partial charge >= 0.3 is 0 Å². The molecule has 0 bridgehead atoms. The SMILES string of the molecule is CC1(Cc2ccccc2)C(=C2CC2)Oc2ccccc21. The molecule has 100 valence electrons. The average molecular weight is 262 g/mol. The summed E-state index contributed by atoms with van der Waals surface area (Å²) < 4.78 is 6.20. The first-order valence-corrected chi connectivity index (χ1v) is 7.31. The van der Waals surface area contributed by atoms with E-state index in [-0.39, 0.29) is 5.41 Å². The maximum atomic E-state index is 6.20. The molecule has 0 aromatic heterocycles. The fourth-order valence-electron chi connectivity index (χ4n) is 3.29. The molecule has 1 heteroatoms. The molecule has 1 saturated carbocycles. The molecule has 1 aliphatic carbocycles. The summed E-state index contributed by atoms with van der Waals surface area (Å²) in [5.74, 6) is 2.25. The van der Waals surface area contributed by atoms with Crippen molar-refractivity contribution in [2.75, 3.05) is 0 Å². The lowest BCUT2D eigenvalue weighted by Gasteiger charge is -2.25. The summed E-state index contributed by atoms with van der Waals surface area (Å²) in [6, 6.07) is 19.2. The first-order chi connectivity index (χ1) is 9.77. The molecule has 1 unspecified atom stereocenters. The highest BCUT2D eigenvalue weighted by Gasteiger charge is 2.44. The number of allylic oxidation sites excluding steroid dienone is 2. The van der Waals surface area contributed by atoms with Crippen molar-refractivity contribution in [3.8, 4) is 5.75 Å². The van der Waals surface area contributed by atoms with Gasteiger partial charge in [-0.15, -0.1) is 0 Å². The molecule has 0 radical (unpaired) electrons. The highest BCUT2D eigenvalue weighted by atomic mass is 16.5. The second kappa shape index (κ2) is 4.24. The van der Waals surface area contributed by atoms with Crippen LogP contribution in [0.25, 0.3) is 0 Å². The van der Waals surface area contributed by atoms with Crippen molar-refractivity contribution in [1.82, 2.24) is 0 Å². The van der Waals surface area contributed by atoms with Gasteiger partial charge in [0.1, 0.15) is 11.5 Å². The van der Waals surface area contributed by atoms with E-state index in [2.05, 4.69) is 61.5 Å². The van der Waals surface area contributed by atoms with Crippen molar-refractivity contribution >= 4 is 0 Å². The van der Waals surface area contributed by atoms with E-state index >= 15 is 0 Å². The minimum Gasteiger partial charge on any atom is -0.461 e. The van der Waals surface area contributed by atoms with Gasteiger partial charge in [0.05, 0.1) is 5.41 Å². The molecule has 1 aliphatic heterocycles. The van der Waals surface area contributed by atoms with Crippen molar-refractivity contribution in [1.29, 1.82) is 0 Å². The zero-order valence-corrected chi connectivity index (χ0v) is 11.7. The summed E-state index contributed by atoms with van der Waals surface area (Å²) in [7, 11) is 0. The number of hydrogen-bond donors (Lipinski definition) is 0. The number of rotatable bonds is 2. The lowest BCUT2D eigenvalue weighted by molar-refractivity contribution is 0.374.